The molecule has 31 heavy (non-hydrogen) atoms. The van der Waals surface area contributed by atoms with E-state index >= 15 is 0 Å². The van der Waals surface area contributed by atoms with E-state index in [1.54, 1.807) is 0 Å². The third-order valence-electron chi connectivity index (χ3n) is 5.22. The summed E-state index contributed by atoms with van der Waals surface area (Å²) < 4.78 is 0. The van der Waals surface area contributed by atoms with Crippen LogP contribution in [-0.2, 0) is 23.0 Å². The number of halogens is 2. The van der Waals surface area contributed by atoms with Gasteiger partial charge in [-0.3, -0.25) is 6.08 Å². The molecule has 0 saturated heterocycles. The van der Waals surface area contributed by atoms with Crippen molar-refractivity contribution in [1.29, 1.82) is 0 Å². The Morgan fingerprint density at radius 1 is 0.903 bits per heavy atom. The molecule has 0 saturated carbocycles. The van der Waals surface area contributed by atoms with Crippen LogP contribution < -0.4 is 24.8 Å². The van der Waals surface area contributed by atoms with Crippen LogP contribution >= 0.6 is 0 Å². The Morgan fingerprint density at radius 2 is 1.48 bits per heavy atom. The molecule has 0 spiro atoms. The Kier molecular flexibility index (Phi) is 14.0. The summed E-state index contributed by atoms with van der Waals surface area (Å²) in [5.41, 5.74) is 8.45. The number of fused-ring (bicyclic) bond motifs is 1. The van der Waals surface area contributed by atoms with Crippen molar-refractivity contribution >= 4 is 16.3 Å². The van der Waals surface area contributed by atoms with Gasteiger partial charge in [0.2, 0.25) is 0 Å². The number of allylic oxidation sites excluding steroid dienone is 4. The molecule has 0 N–H and O–H groups in total. The largest absolute Gasteiger partial charge is 1.00 e. The Morgan fingerprint density at radius 3 is 1.94 bits per heavy atom. The molecule has 1 unspecified atom stereocenters. The number of benzene rings is 2. The first kappa shape index (κ1) is 30.2. The summed E-state index contributed by atoms with van der Waals surface area (Å²) in [6.07, 6.45) is 3.36. The van der Waals surface area contributed by atoms with Crippen LogP contribution in [0.1, 0.15) is 33.3 Å². The maximum absolute atomic E-state index is 3.36. The van der Waals surface area contributed by atoms with Gasteiger partial charge in [-0.1, -0.05) is 75.6 Å². The third-order valence-corrected chi connectivity index (χ3v) is 5.22. The maximum Gasteiger partial charge on any atom is -0.0279 e. The first-order chi connectivity index (χ1) is 13.7. The van der Waals surface area contributed by atoms with E-state index in [1.807, 2.05) is 0 Å². The van der Waals surface area contributed by atoms with E-state index in [2.05, 4.69) is 114 Å². The zero-order valence-electron chi connectivity index (χ0n) is 19.6. The van der Waals surface area contributed by atoms with Crippen molar-refractivity contribution in [3.63, 3.8) is 0 Å². The second kappa shape index (κ2) is 14.4. The van der Waals surface area contributed by atoms with E-state index in [0.717, 1.165) is 0 Å². The number of hydrogen-bond donors (Lipinski definition) is 0. The van der Waals surface area contributed by atoms with E-state index in [-0.39, 0.29) is 30.3 Å². The quantitative estimate of drug-likeness (QED) is 0.285. The summed E-state index contributed by atoms with van der Waals surface area (Å²) in [4.78, 5) is 0. The number of hydrogen-bond acceptors (Lipinski definition) is 0. The molecule has 0 aromatic heterocycles. The molecule has 0 fully saturated rings. The normalized spacial score (nSPS) is 14.4. The van der Waals surface area contributed by atoms with Gasteiger partial charge in [0.1, 0.15) is 0 Å². The average Bonchev–Trinajstić information content (AvgIpc) is 3.16. The van der Waals surface area contributed by atoms with Crippen molar-refractivity contribution in [3.8, 4) is 11.1 Å². The molecule has 0 nitrogen and oxygen atoms in total. The summed E-state index contributed by atoms with van der Waals surface area (Å²) in [5, 5.41) is 2.69. The molecule has 3 aromatic rings. The molecule has 0 bridgehead atoms. The summed E-state index contributed by atoms with van der Waals surface area (Å²) in [6.45, 7) is 15.5. The number of rotatable bonds is 1. The second-order valence-corrected chi connectivity index (χ2v) is 20.8. The predicted octanol–water partition coefficient (Wildman–Crippen LogP) is 2.05. The fourth-order valence-electron chi connectivity index (χ4n) is 3.42. The van der Waals surface area contributed by atoms with E-state index in [1.165, 1.54) is 67.2 Å². The fourth-order valence-corrected chi connectivity index (χ4v) is 3.42. The van der Waals surface area contributed by atoms with Gasteiger partial charge in [0.25, 0.3) is 0 Å². The summed E-state index contributed by atoms with van der Waals surface area (Å²) in [6, 6.07) is 21.6. The second-order valence-electron chi connectivity index (χ2n) is 8.01. The average molecular weight is 634 g/mol. The van der Waals surface area contributed by atoms with Gasteiger partial charge in [0.05, 0.1) is 0 Å². The van der Waals surface area contributed by atoms with Crippen molar-refractivity contribution in [2.75, 3.05) is 0 Å². The number of aryl methyl sites for hydroxylation is 1. The van der Waals surface area contributed by atoms with E-state index < -0.39 is 0 Å². The van der Waals surface area contributed by atoms with Gasteiger partial charge in [-0.15, -0.1) is 41.5 Å². The van der Waals surface area contributed by atoms with Crippen LogP contribution in [0.15, 0.2) is 77.4 Å². The molecular formula is C27H32Cl2HfSi-2. The van der Waals surface area contributed by atoms with Crippen LogP contribution in [0, 0.1) is 18.9 Å². The molecule has 0 heterocycles. The Balaban J connectivity index is 0.000000516. The van der Waals surface area contributed by atoms with Crippen LogP contribution in [0.5, 0.6) is 0 Å². The SMILES string of the molecule is CC1=[C-]C(C)C(C)=C1C.C[Si](C)=[Hf+2].Cc1cc2c(-c3ccccc3)cccc2[cH-]1.[Cl-].[Cl-]. The summed E-state index contributed by atoms with van der Waals surface area (Å²) in [5.74, 6) is 0.560. The van der Waals surface area contributed by atoms with E-state index in [4.69, 9.17) is 0 Å². The molecular weight excluding hydrogens is 602 g/mol. The summed E-state index contributed by atoms with van der Waals surface area (Å²) in [7, 11) is 0. The van der Waals surface area contributed by atoms with Gasteiger partial charge in [-0.05, 0) is 5.56 Å². The molecule has 0 aliphatic heterocycles. The van der Waals surface area contributed by atoms with E-state index in [0.29, 0.717) is 5.92 Å². The topological polar surface area (TPSA) is 0 Å². The molecule has 164 valence electrons. The molecule has 1 aliphatic carbocycles. The first-order valence-electron chi connectivity index (χ1n) is 10.2. The first-order valence-corrected chi connectivity index (χ1v) is 18.1. The standard InChI is InChI=1S/C16H13.C9H13.C2H6Si.2ClH.Hf/c1-12-10-14-8-5-9-15(16(14)11-12)13-6-3-2-4-7-13;1-6-5-7(2)9(4)8(6)3;1-3-2;;;/h2-11H,1H3;6H,1-4H3;1-2H3;2*1H;/q2*-1;;;;+2/p-2. The molecule has 1 aliphatic rings. The minimum absolute atomic E-state index is 0. The maximum atomic E-state index is 3.36. The van der Waals surface area contributed by atoms with Gasteiger partial charge >= 0.3 is 41.6 Å². The smallest absolute Gasteiger partial charge is 0.0279 e. The Hall–Kier alpha value is -0.803. The molecule has 4 heteroatoms. The van der Waals surface area contributed by atoms with E-state index in [9.17, 15) is 0 Å². The predicted molar refractivity (Wildman–Crippen MR) is 127 cm³/mol. The van der Waals surface area contributed by atoms with Crippen molar-refractivity contribution in [2.24, 2.45) is 5.92 Å². The Bertz CT molecular complexity index is 1040. The van der Waals surface area contributed by atoms with Crippen molar-refractivity contribution < 1.29 is 47.8 Å². The molecule has 4 rings (SSSR count). The van der Waals surface area contributed by atoms with Crippen molar-refractivity contribution in [2.45, 2.75) is 47.7 Å². The molecule has 0 radical (unpaired) electrons. The van der Waals surface area contributed by atoms with Gasteiger partial charge < -0.3 is 24.8 Å². The van der Waals surface area contributed by atoms with Crippen LogP contribution in [0.25, 0.3) is 21.9 Å². The zero-order chi connectivity index (χ0) is 21.6. The molecule has 1 atom stereocenters. The monoisotopic (exact) mass is 634 g/mol. The minimum Gasteiger partial charge on any atom is -1.00 e. The zero-order valence-corrected chi connectivity index (χ0v) is 25.7. The van der Waals surface area contributed by atoms with Crippen molar-refractivity contribution in [1.82, 2.24) is 0 Å². The van der Waals surface area contributed by atoms with Crippen LogP contribution in [0.4, 0.5) is 0 Å². The molecule has 0 amide bonds. The Labute approximate surface area is 216 Å². The van der Waals surface area contributed by atoms with Crippen molar-refractivity contribution in [3.05, 3.63) is 89.0 Å². The van der Waals surface area contributed by atoms with Crippen LogP contribution in [0.3, 0.4) is 0 Å². The van der Waals surface area contributed by atoms with Crippen LogP contribution in [-0.4, -0.2) is 5.49 Å². The summed E-state index contributed by atoms with van der Waals surface area (Å²) >= 11 is 1.45. The van der Waals surface area contributed by atoms with Gasteiger partial charge in [0.15, 0.2) is 0 Å². The fraction of sp³-hybridized carbons (Fsp3) is 0.296. The minimum atomic E-state index is 0. The van der Waals surface area contributed by atoms with Gasteiger partial charge in [0, 0.05) is 0 Å². The molecule has 3 aromatic carbocycles. The van der Waals surface area contributed by atoms with Gasteiger partial charge in [-0.2, -0.15) is 17.2 Å². The third kappa shape index (κ3) is 8.92. The van der Waals surface area contributed by atoms with Gasteiger partial charge in [-0.25, -0.2) is 5.57 Å². The van der Waals surface area contributed by atoms with Crippen LogP contribution in [0.2, 0.25) is 13.1 Å².